The number of nitrogens with one attached hydrogen (secondary N) is 1. The molecule has 0 spiro atoms. The van der Waals surface area contributed by atoms with E-state index in [2.05, 4.69) is 17.2 Å². The van der Waals surface area contributed by atoms with Crippen molar-refractivity contribution in [1.82, 2.24) is 5.32 Å². The van der Waals surface area contributed by atoms with E-state index in [1.807, 2.05) is 0 Å². The number of benzene rings is 1. The van der Waals surface area contributed by atoms with E-state index in [0.29, 0.717) is 29.8 Å². The molecule has 0 bridgehead atoms. The summed E-state index contributed by atoms with van der Waals surface area (Å²) in [6, 6.07) is 4.85. The van der Waals surface area contributed by atoms with Crippen molar-refractivity contribution < 1.29 is 19.1 Å². The van der Waals surface area contributed by atoms with Gasteiger partial charge in [0.15, 0.2) is 0 Å². The van der Waals surface area contributed by atoms with Crippen LogP contribution in [-0.4, -0.2) is 31.3 Å². The Morgan fingerprint density at radius 3 is 2.61 bits per heavy atom. The third-order valence-corrected chi connectivity index (χ3v) is 2.59. The number of nitrogen functional groups attached to an aromatic ring is 1. The number of ether oxygens (including phenoxy) is 2. The van der Waals surface area contributed by atoms with Crippen molar-refractivity contribution >= 4 is 17.7 Å². The Balaban J connectivity index is 2.61. The number of esters is 1. The minimum absolute atomic E-state index is 0.320. The molecule has 0 aliphatic rings. The first kappa shape index (κ1) is 18.4. The summed E-state index contributed by atoms with van der Waals surface area (Å²) >= 11 is 0. The molecule has 0 radical (unpaired) electrons. The third-order valence-electron chi connectivity index (χ3n) is 2.59. The number of alkyl carbamates (subject to hydrolysis) is 1. The topological polar surface area (TPSA) is 90.6 Å². The lowest BCUT2D eigenvalue weighted by Gasteiger charge is -2.19. The molecule has 0 fully saturated rings. The maximum absolute atomic E-state index is 11.7. The number of anilines is 1. The molecule has 1 amide bonds. The quantitative estimate of drug-likeness (QED) is 0.386. The molecule has 0 unspecified atom stereocenters. The summed E-state index contributed by atoms with van der Waals surface area (Å²) in [5.41, 5.74) is 6.44. The first-order valence-corrected chi connectivity index (χ1v) is 7.16. The first-order valence-electron chi connectivity index (χ1n) is 7.16. The molecule has 1 aromatic carbocycles. The maximum Gasteiger partial charge on any atom is 0.407 e. The Morgan fingerprint density at radius 2 is 2.00 bits per heavy atom. The lowest BCUT2D eigenvalue weighted by molar-refractivity contribution is 0.0528. The second-order valence-electron chi connectivity index (χ2n) is 5.78. The van der Waals surface area contributed by atoms with Gasteiger partial charge in [0, 0.05) is 24.2 Å². The van der Waals surface area contributed by atoms with E-state index in [1.54, 1.807) is 32.9 Å². The molecular formula is C17H22N2O4. The average molecular weight is 318 g/mol. The van der Waals surface area contributed by atoms with E-state index in [4.69, 9.17) is 15.2 Å². The fraction of sp³-hybridized carbons (Fsp3) is 0.412. The summed E-state index contributed by atoms with van der Waals surface area (Å²) in [4.78, 5) is 23.1. The Hall–Kier alpha value is -2.68. The van der Waals surface area contributed by atoms with Gasteiger partial charge >= 0.3 is 12.1 Å². The third kappa shape index (κ3) is 6.74. The Morgan fingerprint density at radius 1 is 1.30 bits per heavy atom. The van der Waals surface area contributed by atoms with Crippen LogP contribution >= 0.6 is 0 Å². The summed E-state index contributed by atoms with van der Waals surface area (Å²) in [5, 5.41) is 2.61. The van der Waals surface area contributed by atoms with Crippen LogP contribution < -0.4 is 11.1 Å². The lowest BCUT2D eigenvalue weighted by atomic mass is 10.1. The van der Waals surface area contributed by atoms with Crippen LogP contribution in [0.15, 0.2) is 18.2 Å². The molecule has 6 nitrogen and oxygen atoms in total. The van der Waals surface area contributed by atoms with Gasteiger partial charge in [-0.25, -0.2) is 9.59 Å². The normalized spacial score (nSPS) is 10.3. The zero-order chi connectivity index (χ0) is 17.5. The van der Waals surface area contributed by atoms with Crippen molar-refractivity contribution in [3.63, 3.8) is 0 Å². The molecule has 23 heavy (non-hydrogen) atoms. The van der Waals surface area contributed by atoms with E-state index < -0.39 is 17.7 Å². The Bertz CT molecular complexity index is 636. The molecule has 0 saturated carbocycles. The van der Waals surface area contributed by atoms with Gasteiger partial charge in [0.25, 0.3) is 0 Å². The number of hydrogen-bond acceptors (Lipinski definition) is 5. The summed E-state index contributed by atoms with van der Waals surface area (Å²) < 4.78 is 9.81. The van der Waals surface area contributed by atoms with Crippen LogP contribution in [0.25, 0.3) is 0 Å². The van der Waals surface area contributed by atoms with Gasteiger partial charge in [-0.05, 0) is 39.0 Å². The van der Waals surface area contributed by atoms with E-state index in [9.17, 15) is 9.59 Å². The van der Waals surface area contributed by atoms with Crippen molar-refractivity contribution in [3.05, 3.63) is 29.3 Å². The van der Waals surface area contributed by atoms with Gasteiger partial charge in [-0.3, -0.25) is 0 Å². The van der Waals surface area contributed by atoms with Crippen LogP contribution in [0.3, 0.4) is 0 Å². The number of nitrogens with two attached hydrogens (primary N) is 1. The first-order chi connectivity index (χ1) is 10.7. The van der Waals surface area contributed by atoms with Gasteiger partial charge in [0.2, 0.25) is 0 Å². The van der Waals surface area contributed by atoms with Crippen LogP contribution in [0.5, 0.6) is 0 Å². The second-order valence-corrected chi connectivity index (χ2v) is 5.78. The Kier molecular flexibility index (Phi) is 6.46. The van der Waals surface area contributed by atoms with Crippen LogP contribution in [0.2, 0.25) is 0 Å². The van der Waals surface area contributed by atoms with Gasteiger partial charge in [0.1, 0.15) is 5.60 Å². The highest BCUT2D eigenvalue weighted by atomic mass is 16.6. The summed E-state index contributed by atoms with van der Waals surface area (Å²) in [6.45, 7) is 5.73. The number of methoxy groups -OCH3 is 1. The second kappa shape index (κ2) is 8.08. The monoisotopic (exact) mass is 318 g/mol. The minimum Gasteiger partial charge on any atom is -0.465 e. The van der Waals surface area contributed by atoms with Crippen LogP contribution in [-0.2, 0) is 9.47 Å². The number of amides is 1. The van der Waals surface area contributed by atoms with Crippen molar-refractivity contribution in [3.8, 4) is 11.8 Å². The maximum atomic E-state index is 11.7. The van der Waals surface area contributed by atoms with Gasteiger partial charge in [0.05, 0.1) is 12.7 Å². The lowest BCUT2D eigenvalue weighted by Crippen LogP contribution is -2.32. The molecule has 0 atom stereocenters. The molecule has 1 rings (SSSR count). The predicted octanol–water partition coefficient (Wildman–Crippen LogP) is 2.32. The highest BCUT2D eigenvalue weighted by Gasteiger charge is 2.15. The molecule has 3 N–H and O–H groups in total. The predicted molar refractivity (Wildman–Crippen MR) is 87.9 cm³/mol. The zero-order valence-corrected chi connectivity index (χ0v) is 13.9. The highest BCUT2D eigenvalue weighted by molar-refractivity contribution is 5.93. The van der Waals surface area contributed by atoms with Gasteiger partial charge in [-0.2, -0.15) is 0 Å². The molecule has 0 aliphatic carbocycles. The molecule has 6 heteroatoms. The fourth-order valence-corrected chi connectivity index (χ4v) is 1.65. The zero-order valence-electron chi connectivity index (χ0n) is 13.9. The summed E-state index contributed by atoms with van der Waals surface area (Å²) in [7, 11) is 1.30. The van der Waals surface area contributed by atoms with Crippen molar-refractivity contribution in [2.45, 2.75) is 32.8 Å². The molecule has 0 heterocycles. The fourth-order valence-electron chi connectivity index (χ4n) is 1.65. The number of carbonyl (C=O) groups excluding carboxylic acids is 2. The largest absolute Gasteiger partial charge is 0.465 e. The van der Waals surface area contributed by atoms with Crippen molar-refractivity contribution in [2.75, 3.05) is 19.4 Å². The molecule has 0 saturated heterocycles. The molecule has 1 aromatic rings. The van der Waals surface area contributed by atoms with Gasteiger partial charge < -0.3 is 20.5 Å². The molecular weight excluding hydrogens is 296 g/mol. The number of rotatable bonds is 3. The van der Waals surface area contributed by atoms with Crippen LogP contribution in [0, 0.1) is 11.8 Å². The van der Waals surface area contributed by atoms with E-state index >= 15 is 0 Å². The summed E-state index contributed by atoms with van der Waals surface area (Å²) in [5.74, 6) is 5.28. The molecule has 124 valence electrons. The standard InChI is InChI=1S/C17H22N2O4/c1-17(2,3)23-16(21)19-10-6-5-7-12-8-9-13(18)11-14(12)15(20)22-4/h8-9,11H,6,10,18H2,1-4H3,(H,19,21). The Labute approximate surface area is 136 Å². The minimum atomic E-state index is -0.533. The summed E-state index contributed by atoms with van der Waals surface area (Å²) in [6.07, 6.45) is -0.0634. The molecule has 0 aromatic heterocycles. The van der Waals surface area contributed by atoms with E-state index in [-0.39, 0.29) is 0 Å². The van der Waals surface area contributed by atoms with Crippen LogP contribution in [0.4, 0.5) is 10.5 Å². The number of hydrogen-bond donors (Lipinski definition) is 2. The smallest absolute Gasteiger partial charge is 0.407 e. The van der Waals surface area contributed by atoms with E-state index in [0.717, 1.165) is 0 Å². The van der Waals surface area contributed by atoms with Crippen molar-refractivity contribution in [2.24, 2.45) is 0 Å². The average Bonchev–Trinajstić information content (AvgIpc) is 2.45. The van der Waals surface area contributed by atoms with Crippen LogP contribution in [0.1, 0.15) is 43.1 Å². The highest BCUT2D eigenvalue weighted by Crippen LogP contribution is 2.14. The van der Waals surface area contributed by atoms with Gasteiger partial charge in [-0.15, -0.1) is 0 Å². The van der Waals surface area contributed by atoms with Gasteiger partial charge in [-0.1, -0.05) is 11.8 Å². The molecule has 0 aliphatic heterocycles. The van der Waals surface area contributed by atoms with Crippen molar-refractivity contribution in [1.29, 1.82) is 0 Å². The SMILES string of the molecule is COC(=O)c1cc(N)ccc1C#CCCNC(=O)OC(C)(C)C. The van der Waals surface area contributed by atoms with E-state index in [1.165, 1.54) is 13.2 Å². The number of carbonyl (C=O) groups is 2.